The van der Waals surface area contributed by atoms with Gasteiger partial charge in [-0.25, -0.2) is 0 Å². The minimum Gasteiger partial charge on any atom is -0.304 e. The maximum Gasteiger partial charge on any atom is 0.0536 e. The van der Waals surface area contributed by atoms with Crippen molar-refractivity contribution in [3.8, 4) is 0 Å². The van der Waals surface area contributed by atoms with Gasteiger partial charge in [-0.15, -0.1) is 0 Å². The molecule has 78 valence electrons. The molecule has 4 heteroatoms. The maximum atomic E-state index is 4.20. The van der Waals surface area contributed by atoms with E-state index in [1.165, 1.54) is 26.2 Å². The summed E-state index contributed by atoms with van der Waals surface area (Å²) in [7, 11) is 2.19. The van der Waals surface area contributed by atoms with Crippen molar-refractivity contribution in [1.29, 1.82) is 0 Å². The molecular formula is C10H18N4. The lowest BCUT2D eigenvalue weighted by Gasteiger charge is -2.32. The SMILES string of the molecule is CN1CCN(CCn2cccn2)CC1. The first-order valence-electron chi connectivity index (χ1n) is 5.23. The molecule has 0 spiro atoms. The van der Waals surface area contributed by atoms with Gasteiger partial charge in [0.2, 0.25) is 0 Å². The van der Waals surface area contributed by atoms with Gasteiger partial charge < -0.3 is 4.90 Å². The lowest BCUT2D eigenvalue weighted by molar-refractivity contribution is 0.149. The predicted molar refractivity (Wildman–Crippen MR) is 56.2 cm³/mol. The van der Waals surface area contributed by atoms with Crippen molar-refractivity contribution in [2.75, 3.05) is 39.8 Å². The summed E-state index contributed by atoms with van der Waals surface area (Å²) in [6.07, 6.45) is 3.86. The van der Waals surface area contributed by atoms with Crippen LogP contribution in [0.3, 0.4) is 0 Å². The van der Waals surface area contributed by atoms with Gasteiger partial charge in [-0.05, 0) is 13.1 Å². The third-order valence-electron chi connectivity index (χ3n) is 2.80. The standard InChI is InChI=1S/C10H18N4/c1-12-5-7-13(8-6-12)9-10-14-4-2-3-11-14/h2-4H,5-10H2,1H3. The molecule has 4 nitrogen and oxygen atoms in total. The van der Waals surface area contributed by atoms with E-state index in [0.717, 1.165) is 13.1 Å². The second-order valence-corrected chi connectivity index (χ2v) is 3.91. The number of aromatic nitrogens is 2. The Kier molecular flexibility index (Phi) is 3.16. The van der Waals surface area contributed by atoms with Crippen LogP contribution >= 0.6 is 0 Å². The largest absolute Gasteiger partial charge is 0.304 e. The van der Waals surface area contributed by atoms with E-state index in [0.29, 0.717) is 0 Å². The van der Waals surface area contributed by atoms with E-state index < -0.39 is 0 Å². The van der Waals surface area contributed by atoms with E-state index in [4.69, 9.17) is 0 Å². The van der Waals surface area contributed by atoms with E-state index in [-0.39, 0.29) is 0 Å². The molecule has 2 rings (SSSR count). The van der Waals surface area contributed by atoms with Gasteiger partial charge in [-0.3, -0.25) is 9.58 Å². The Labute approximate surface area is 85.1 Å². The zero-order chi connectivity index (χ0) is 9.80. The summed E-state index contributed by atoms with van der Waals surface area (Å²) < 4.78 is 2.00. The quantitative estimate of drug-likeness (QED) is 0.683. The molecule has 0 amide bonds. The highest BCUT2D eigenvalue weighted by Crippen LogP contribution is 1.99. The molecule has 14 heavy (non-hydrogen) atoms. The van der Waals surface area contributed by atoms with Crippen LogP contribution in [0, 0.1) is 0 Å². The molecule has 1 saturated heterocycles. The van der Waals surface area contributed by atoms with Gasteiger partial charge >= 0.3 is 0 Å². The topological polar surface area (TPSA) is 24.3 Å². The van der Waals surface area contributed by atoms with Crippen molar-refractivity contribution >= 4 is 0 Å². The molecule has 1 aliphatic rings. The average molecular weight is 194 g/mol. The first-order chi connectivity index (χ1) is 6.84. The maximum absolute atomic E-state index is 4.20. The monoisotopic (exact) mass is 194 g/mol. The second kappa shape index (κ2) is 4.57. The molecule has 0 aromatic carbocycles. The lowest BCUT2D eigenvalue weighted by atomic mass is 10.3. The Morgan fingerprint density at radius 1 is 1.14 bits per heavy atom. The van der Waals surface area contributed by atoms with Crippen LogP contribution < -0.4 is 0 Å². The van der Waals surface area contributed by atoms with Crippen molar-refractivity contribution in [1.82, 2.24) is 19.6 Å². The summed E-state index contributed by atoms with van der Waals surface area (Å²) in [6.45, 7) is 6.90. The number of likely N-dealkylation sites (N-methyl/N-ethyl adjacent to an activating group) is 1. The van der Waals surface area contributed by atoms with Gasteiger partial charge in [0.25, 0.3) is 0 Å². The van der Waals surface area contributed by atoms with Crippen LogP contribution in [0.2, 0.25) is 0 Å². The number of hydrogen-bond acceptors (Lipinski definition) is 3. The lowest BCUT2D eigenvalue weighted by Crippen LogP contribution is -2.45. The molecule has 1 aromatic rings. The summed E-state index contributed by atoms with van der Waals surface area (Å²) >= 11 is 0. The summed E-state index contributed by atoms with van der Waals surface area (Å²) in [5, 5.41) is 4.20. The zero-order valence-corrected chi connectivity index (χ0v) is 8.76. The van der Waals surface area contributed by atoms with Crippen LogP contribution in [0.15, 0.2) is 18.5 Å². The van der Waals surface area contributed by atoms with E-state index in [1.54, 1.807) is 0 Å². The van der Waals surface area contributed by atoms with Crippen LogP contribution in [0.5, 0.6) is 0 Å². The number of rotatable bonds is 3. The number of piperazine rings is 1. The van der Waals surface area contributed by atoms with Gasteiger partial charge in [-0.1, -0.05) is 0 Å². The fraction of sp³-hybridized carbons (Fsp3) is 0.700. The smallest absolute Gasteiger partial charge is 0.0536 e. The molecule has 0 unspecified atom stereocenters. The third-order valence-corrected chi connectivity index (χ3v) is 2.80. The van der Waals surface area contributed by atoms with Gasteiger partial charge in [0.15, 0.2) is 0 Å². The highest BCUT2D eigenvalue weighted by molar-refractivity contribution is 4.78. The van der Waals surface area contributed by atoms with Crippen LogP contribution in [-0.2, 0) is 6.54 Å². The Morgan fingerprint density at radius 2 is 1.93 bits per heavy atom. The van der Waals surface area contributed by atoms with E-state index in [2.05, 4.69) is 21.9 Å². The van der Waals surface area contributed by atoms with Crippen molar-refractivity contribution in [2.45, 2.75) is 6.54 Å². The predicted octanol–water partition coefficient (Wildman–Crippen LogP) is 0.130. The van der Waals surface area contributed by atoms with Gasteiger partial charge in [0, 0.05) is 45.1 Å². The highest BCUT2D eigenvalue weighted by atomic mass is 15.3. The third kappa shape index (κ3) is 2.56. The van der Waals surface area contributed by atoms with Crippen molar-refractivity contribution < 1.29 is 0 Å². The molecular weight excluding hydrogens is 176 g/mol. The fourth-order valence-corrected chi connectivity index (χ4v) is 1.75. The van der Waals surface area contributed by atoms with E-state index in [1.807, 2.05) is 23.1 Å². The Morgan fingerprint density at radius 3 is 2.57 bits per heavy atom. The summed E-state index contributed by atoms with van der Waals surface area (Å²) in [5.74, 6) is 0. The Hall–Kier alpha value is -0.870. The minimum atomic E-state index is 1.01. The molecule has 1 aliphatic heterocycles. The van der Waals surface area contributed by atoms with Crippen molar-refractivity contribution in [3.05, 3.63) is 18.5 Å². The molecule has 0 atom stereocenters. The van der Waals surface area contributed by atoms with Crippen LogP contribution in [0.4, 0.5) is 0 Å². The van der Waals surface area contributed by atoms with E-state index in [9.17, 15) is 0 Å². The van der Waals surface area contributed by atoms with E-state index >= 15 is 0 Å². The molecule has 0 saturated carbocycles. The zero-order valence-electron chi connectivity index (χ0n) is 8.76. The Balaban J connectivity index is 1.71. The Bertz CT molecular complexity index is 249. The molecule has 0 radical (unpaired) electrons. The first kappa shape index (κ1) is 9.68. The molecule has 1 aromatic heterocycles. The second-order valence-electron chi connectivity index (χ2n) is 3.91. The number of nitrogens with zero attached hydrogens (tertiary/aromatic N) is 4. The van der Waals surface area contributed by atoms with Gasteiger partial charge in [0.1, 0.15) is 0 Å². The fourth-order valence-electron chi connectivity index (χ4n) is 1.75. The summed E-state index contributed by atoms with van der Waals surface area (Å²) in [4.78, 5) is 4.88. The molecule has 1 fully saturated rings. The highest BCUT2D eigenvalue weighted by Gasteiger charge is 2.12. The van der Waals surface area contributed by atoms with Crippen LogP contribution in [-0.4, -0.2) is 59.4 Å². The summed E-state index contributed by atoms with van der Waals surface area (Å²) in [6, 6.07) is 1.98. The van der Waals surface area contributed by atoms with Crippen LogP contribution in [0.1, 0.15) is 0 Å². The summed E-state index contributed by atoms with van der Waals surface area (Å²) in [5.41, 5.74) is 0. The van der Waals surface area contributed by atoms with Gasteiger partial charge in [0.05, 0.1) is 6.54 Å². The normalized spacial score (nSPS) is 20.1. The number of hydrogen-bond donors (Lipinski definition) is 0. The van der Waals surface area contributed by atoms with Gasteiger partial charge in [-0.2, -0.15) is 5.10 Å². The average Bonchev–Trinajstić information content (AvgIpc) is 2.70. The van der Waals surface area contributed by atoms with Crippen LogP contribution in [0.25, 0.3) is 0 Å². The van der Waals surface area contributed by atoms with Crippen molar-refractivity contribution in [2.24, 2.45) is 0 Å². The minimum absolute atomic E-state index is 1.01. The molecule has 0 aliphatic carbocycles. The molecule has 2 heterocycles. The first-order valence-corrected chi connectivity index (χ1v) is 5.23. The molecule has 0 N–H and O–H groups in total. The molecule has 0 bridgehead atoms. The van der Waals surface area contributed by atoms with Crippen molar-refractivity contribution in [3.63, 3.8) is 0 Å².